The molecular formula is C15H13BrFNO. The van der Waals surface area contributed by atoms with Gasteiger partial charge in [0, 0.05) is 15.7 Å². The molecule has 0 bridgehead atoms. The standard InChI is InChI=1S/C15H13BrFNO/c1-9-3-5-11(7-13(9)16)15(19)18-14-8-12(17)6-4-10(14)2/h3-8H,1-2H3,(H,18,19). The average Bonchev–Trinajstić information content (AvgIpc) is 2.37. The highest BCUT2D eigenvalue weighted by molar-refractivity contribution is 9.10. The second kappa shape index (κ2) is 5.53. The number of nitrogens with one attached hydrogen (secondary N) is 1. The molecule has 0 heterocycles. The van der Waals surface area contributed by atoms with Crippen LogP contribution in [0.25, 0.3) is 0 Å². The largest absolute Gasteiger partial charge is 0.322 e. The van der Waals surface area contributed by atoms with Crippen LogP contribution in [0.5, 0.6) is 0 Å². The lowest BCUT2D eigenvalue weighted by atomic mass is 10.1. The van der Waals surface area contributed by atoms with E-state index in [2.05, 4.69) is 21.2 Å². The molecule has 0 saturated heterocycles. The zero-order valence-corrected chi connectivity index (χ0v) is 12.2. The van der Waals surface area contributed by atoms with Crippen molar-refractivity contribution in [1.29, 1.82) is 0 Å². The summed E-state index contributed by atoms with van der Waals surface area (Å²) in [6.07, 6.45) is 0. The van der Waals surface area contributed by atoms with Gasteiger partial charge in [0.1, 0.15) is 5.82 Å². The first-order valence-corrected chi connectivity index (χ1v) is 6.60. The Morgan fingerprint density at radius 1 is 1.11 bits per heavy atom. The topological polar surface area (TPSA) is 29.1 Å². The molecule has 0 unspecified atom stereocenters. The number of carbonyl (C=O) groups excluding carboxylic acids is 1. The van der Waals surface area contributed by atoms with E-state index < -0.39 is 0 Å². The van der Waals surface area contributed by atoms with Crippen LogP contribution >= 0.6 is 15.9 Å². The van der Waals surface area contributed by atoms with E-state index in [1.54, 1.807) is 18.2 Å². The van der Waals surface area contributed by atoms with Crippen LogP contribution in [0.4, 0.5) is 10.1 Å². The average molecular weight is 322 g/mol. The predicted molar refractivity (Wildman–Crippen MR) is 78.0 cm³/mol. The Hall–Kier alpha value is -1.68. The van der Waals surface area contributed by atoms with Crippen LogP contribution in [0.2, 0.25) is 0 Å². The molecule has 1 amide bonds. The second-order valence-corrected chi connectivity index (χ2v) is 5.23. The summed E-state index contributed by atoms with van der Waals surface area (Å²) in [4.78, 5) is 12.1. The smallest absolute Gasteiger partial charge is 0.255 e. The molecule has 0 aliphatic rings. The number of aryl methyl sites for hydroxylation is 2. The van der Waals surface area contributed by atoms with E-state index in [1.807, 2.05) is 19.9 Å². The van der Waals surface area contributed by atoms with Crippen molar-refractivity contribution in [2.24, 2.45) is 0 Å². The molecule has 2 aromatic carbocycles. The minimum absolute atomic E-state index is 0.255. The highest BCUT2D eigenvalue weighted by Crippen LogP contribution is 2.20. The van der Waals surface area contributed by atoms with E-state index in [0.29, 0.717) is 11.3 Å². The van der Waals surface area contributed by atoms with Crippen LogP contribution in [0.3, 0.4) is 0 Å². The molecule has 0 aliphatic carbocycles. The monoisotopic (exact) mass is 321 g/mol. The van der Waals surface area contributed by atoms with E-state index in [-0.39, 0.29) is 11.7 Å². The van der Waals surface area contributed by atoms with Gasteiger partial charge in [-0.15, -0.1) is 0 Å². The van der Waals surface area contributed by atoms with Gasteiger partial charge in [0.05, 0.1) is 0 Å². The summed E-state index contributed by atoms with van der Waals surface area (Å²) < 4.78 is 14.0. The molecule has 2 nitrogen and oxygen atoms in total. The lowest BCUT2D eigenvalue weighted by Gasteiger charge is -2.09. The summed E-state index contributed by atoms with van der Waals surface area (Å²) in [5, 5.41) is 2.71. The zero-order valence-electron chi connectivity index (χ0n) is 10.6. The van der Waals surface area contributed by atoms with Gasteiger partial charge in [-0.25, -0.2) is 4.39 Å². The van der Waals surface area contributed by atoms with E-state index in [4.69, 9.17) is 0 Å². The van der Waals surface area contributed by atoms with Gasteiger partial charge in [0.2, 0.25) is 0 Å². The molecule has 0 aliphatic heterocycles. The minimum Gasteiger partial charge on any atom is -0.322 e. The summed E-state index contributed by atoms with van der Waals surface area (Å²) >= 11 is 3.39. The maximum atomic E-state index is 13.2. The molecule has 0 fully saturated rings. The number of rotatable bonds is 2. The molecule has 0 spiro atoms. The molecule has 4 heteroatoms. The van der Waals surface area contributed by atoms with Crippen molar-refractivity contribution < 1.29 is 9.18 Å². The van der Waals surface area contributed by atoms with Gasteiger partial charge in [0.25, 0.3) is 5.91 Å². The maximum Gasteiger partial charge on any atom is 0.255 e. The van der Waals surface area contributed by atoms with Gasteiger partial charge in [-0.2, -0.15) is 0 Å². The van der Waals surface area contributed by atoms with Crippen LogP contribution in [0, 0.1) is 19.7 Å². The third-order valence-electron chi connectivity index (χ3n) is 2.88. The lowest BCUT2D eigenvalue weighted by Crippen LogP contribution is -2.13. The van der Waals surface area contributed by atoms with Crippen molar-refractivity contribution in [3.05, 3.63) is 63.4 Å². The van der Waals surface area contributed by atoms with Gasteiger partial charge in [-0.3, -0.25) is 4.79 Å². The molecular weight excluding hydrogens is 309 g/mol. The molecule has 98 valence electrons. The molecule has 2 aromatic rings. The zero-order chi connectivity index (χ0) is 14.0. The lowest BCUT2D eigenvalue weighted by molar-refractivity contribution is 0.102. The van der Waals surface area contributed by atoms with E-state index >= 15 is 0 Å². The summed E-state index contributed by atoms with van der Waals surface area (Å²) in [6, 6.07) is 9.67. The Bertz CT molecular complexity index is 640. The maximum absolute atomic E-state index is 13.2. The molecule has 0 saturated carbocycles. The summed E-state index contributed by atoms with van der Waals surface area (Å²) in [6.45, 7) is 3.77. The van der Waals surface area contributed by atoms with Crippen LogP contribution in [0.15, 0.2) is 40.9 Å². The quantitative estimate of drug-likeness (QED) is 0.869. The molecule has 0 radical (unpaired) electrons. The number of hydrogen-bond acceptors (Lipinski definition) is 1. The van der Waals surface area contributed by atoms with Crippen LogP contribution in [0.1, 0.15) is 21.5 Å². The van der Waals surface area contributed by atoms with E-state index in [9.17, 15) is 9.18 Å². The van der Waals surface area contributed by atoms with Crippen molar-refractivity contribution in [3.63, 3.8) is 0 Å². The first-order valence-electron chi connectivity index (χ1n) is 5.81. The van der Waals surface area contributed by atoms with E-state index in [0.717, 1.165) is 15.6 Å². The van der Waals surface area contributed by atoms with Crippen LogP contribution in [-0.2, 0) is 0 Å². The summed E-state index contributed by atoms with van der Waals surface area (Å²) in [5.74, 6) is -0.625. The number of halogens is 2. The van der Waals surface area contributed by atoms with Gasteiger partial charge in [0.15, 0.2) is 0 Å². The van der Waals surface area contributed by atoms with Crippen molar-refractivity contribution in [2.45, 2.75) is 13.8 Å². The first-order chi connectivity index (χ1) is 8.97. The van der Waals surface area contributed by atoms with Crippen molar-refractivity contribution in [3.8, 4) is 0 Å². The van der Waals surface area contributed by atoms with Crippen molar-refractivity contribution >= 4 is 27.5 Å². The Morgan fingerprint density at radius 3 is 2.47 bits per heavy atom. The number of amides is 1. The fourth-order valence-electron chi connectivity index (χ4n) is 1.66. The van der Waals surface area contributed by atoms with Crippen molar-refractivity contribution in [1.82, 2.24) is 0 Å². The summed E-state index contributed by atoms with van der Waals surface area (Å²) in [7, 11) is 0. The van der Waals surface area contributed by atoms with Crippen LogP contribution in [-0.4, -0.2) is 5.91 Å². The molecule has 0 aromatic heterocycles. The Labute approximate surface area is 119 Å². The molecule has 1 N–H and O–H groups in total. The number of benzene rings is 2. The van der Waals surface area contributed by atoms with Gasteiger partial charge >= 0.3 is 0 Å². The van der Waals surface area contributed by atoms with E-state index in [1.165, 1.54) is 12.1 Å². The highest BCUT2D eigenvalue weighted by atomic mass is 79.9. The first kappa shape index (κ1) is 13.7. The third kappa shape index (κ3) is 3.20. The minimum atomic E-state index is -0.369. The number of carbonyl (C=O) groups is 1. The number of hydrogen-bond donors (Lipinski definition) is 1. The van der Waals surface area contributed by atoms with Gasteiger partial charge in [-0.05, 0) is 49.2 Å². The fourth-order valence-corrected chi connectivity index (χ4v) is 2.04. The normalized spacial score (nSPS) is 10.3. The Morgan fingerprint density at radius 2 is 1.79 bits per heavy atom. The fraction of sp³-hybridized carbons (Fsp3) is 0.133. The predicted octanol–water partition coefficient (Wildman–Crippen LogP) is 4.46. The SMILES string of the molecule is Cc1ccc(C(=O)Nc2cc(F)ccc2C)cc1Br. The summed E-state index contributed by atoms with van der Waals surface area (Å²) in [5.41, 5.74) is 2.89. The Kier molecular flexibility index (Phi) is 4.00. The van der Waals surface area contributed by atoms with Gasteiger partial charge < -0.3 is 5.32 Å². The van der Waals surface area contributed by atoms with Gasteiger partial charge in [-0.1, -0.05) is 28.1 Å². The second-order valence-electron chi connectivity index (χ2n) is 4.38. The van der Waals surface area contributed by atoms with Crippen LogP contribution < -0.4 is 5.32 Å². The third-order valence-corrected chi connectivity index (χ3v) is 3.74. The molecule has 0 atom stereocenters. The highest BCUT2D eigenvalue weighted by Gasteiger charge is 2.09. The molecule has 19 heavy (non-hydrogen) atoms. The number of anilines is 1. The van der Waals surface area contributed by atoms with Crippen molar-refractivity contribution in [2.75, 3.05) is 5.32 Å². The molecule has 2 rings (SSSR count). The Balaban J connectivity index is 2.25.